The molecule has 4 nitrogen and oxygen atoms in total. The van der Waals surface area contributed by atoms with E-state index in [4.69, 9.17) is 10.5 Å². The van der Waals surface area contributed by atoms with Crippen molar-refractivity contribution in [1.29, 1.82) is 0 Å². The van der Waals surface area contributed by atoms with E-state index in [1.807, 2.05) is 24.3 Å². The number of aliphatic hydroxyl groups is 1. The van der Waals surface area contributed by atoms with Crippen molar-refractivity contribution >= 4 is 5.78 Å². The number of carbonyl (C=O) groups excluding carboxylic acids is 1. The lowest BCUT2D eigenvalue weighted by molar-refractivity contribution is -0.121. The summed E-state index contributed by atoms with van der Waals surface area (Å²) < 4.78 is 5.80. The topological polar surface area (TPSA) is 72.6 Å². The Bertz CT molecular complexity index is 437. The fraction of sp³-hybridized carbons (Fsp3) is 0.562. The van der Waals surface area contributed by atoms with E-state index in [1.165, 1.54) is 0 Å². The number of ether oxygens (including phenoxy) is 1. The van der Waals surface area contributed by atoms with Crippen LogP contribution in [0.4, 0.5) is 0 Å². The summed E-state index contributed by atoms with van der Waals surface area (Å²) >= 11 is 0. The van der Waals surface area contributed by atoms with Crippen molar-refractivity contribution in [1.82, 2.24) is 0 Å². The van der Waals surface area contributed by atoms with E-state index in [-0.39, 0.29) is 0 Å². The van der Waals surface area contributed by atoms with Crippen LogP contribution in [-0.4, -0.2) is 24.0 Å². The minimum absolute atomic E-state index is 0.369. The van der Waals surface area contributed by atoms with Crippen LogP contribution in [0, 0.1) is 5.92 Å². The minimum atomic E-state index is -0.532. The number of hydrogen-bond acceptors (Lipinski definition) is 4. The first kappa shape index (κ1) is 15.0. The van der Waals surface area contributed by atoms with Gasteiger partial charge in [-0.05, 0) is 49.4 Å². The molecule has 0 heterocycles. The molecule has 110 valence electrons. The summed E-state index contributed by atoms with van der Waals surface area (Å²) in [6.45, 7) is 1.10. The van der Waals surface area contributed by atoms with E-state index < -0.39 is 6.10 Å². The van der Waals surface area contributed by atoms with Gasteiger partial charge in [-0.25, -0.2) is 0 Å². The first-order valence-corrected chi connectivity index (χ1v) is 7.31. The zero-order valence-corrected chi connectivity index (χ0v) is 11.8. The molecule has 3 N–H and O–H groups in total. The number of Topliss-reactive ketones (excluding diaryl/α,β-unsaturated/α-hetero) is 1. The second-order valence-corrected chi connectivity index (χ2v) is 5.46. The van der Waals surface area contributed by atoms with E-state index in [9.17, 15) is 9.90 Å². The highest BCUT2D eigenvalue weighted by Gasteiger charge is 2.19. The molecule has 4 heteroatoms. The van der Waals surface area contributed by atoms with Gasteiger partial charge in [-0.2, -0.15) is 0 Å². The third-order valence-electron chi connectivity index (χ3n) is 3.83. The highest BCUT2D eigenvalue weighted by Crippen LogP contribution is 2.25. The Morgan fingerprint density at radius 3 is 2.80 bits per heavy atom. The van der Waals surface area contributed by atoms with E-state index in [1.54, 1.807) is 0 Å². The Balaban J connectivity index is 1.86. The summed E-state index contributed by atoms with van der Waals surface area (Å²) in [6.07, 6.45) is 3.24. The summed E-state index contributed by atoms with van der Waals surface area (Å²) in [7, 11) is 0. The molecule has 0 bridgehead atoms. The monoisotopic (exact) mass is 277 g/mol. The van der Waals surface area contributed by atoms with E-state index in [0.29, 0.717) is 44.1 Å². The maximum atomic E-state index is 11.2. The van der Waals surface area contributed by atoms with Crippen LogP contribution in [0.15, 0.2) is 24.3 Å². The van der Waals surface area contributed by atoms with Crippen molar-refractivity contribution in [2.75, 3.05) is 13.2 Å². The summed E-state index contributed by atoms with van der Waals surface area (Å²) in [4.78, 5) is 11.2. The molecular weight excluding hydrogens is 254 g/mol. The summed E-state index contributed by atoms with van der Waals surface area (Å²) in [6, 6.07) is 7.53. The molecular formula is C16H23NO3. The quantitative estimate of drug-likeness (QED) is 0.836. The van der Waals surface area contributed by atoms with Gasteiger partial charge in [-0.1, -0.05) is 12.1 Å². The third-order valence-corrected chi connectivity index (χ3v) is 3.83. The number of benzene rings is 1. The average Bonchev–Trinajstić information content (AvgIpc) is 2.47. The second kappa shape index (κ2) is 7.41. The molecule has 1 aliphatic rings. The SMILES string of the molecule is NCCC(O)c1cccc(OCC2CCC(=O)CC2)c1. The second-order valence-electron chi connectivity index (χ2n) is 5.46. The smallest absolute Gasteiger partial charge is 0.132 e. The van der Waals surface area contributed by atoms with Crippen molar-refractivity contribution in [3.05, 3.63) is 29.8 Å². The highest BCUT2D eigenvalue weighted by atomic mass is 16.5. The number of carbonyl (C=O) groups is 1. The standard InChI is InChI=1S/C16H23NO3/c17-9-8-16(19)13-2-1-3-15(10-13)20-11-12-4-6-14(18)7-5-12/h1-3,10,12,16,19H,4-9,11,17H2. The maximum absolute atomic E-state index is 11.2. The summed E-state index contributed by atoms with van der Waals surface area (Å²) in [5.41, 5.74) is 6.29. The molecule has 0 saturated heterocycles. The molecule has 1 aromatic carbocycles. The molecule has 20 heavy (non-hydrogen) atoms. The molecule has 0 aliphatic heterocycles. The van der Waals surface area contributed by atoms with Crippen LogP contribution in [0.1, 0.15) is 43.8 Å². The normalized spacial score (nSPS) is 18.0. The molecule has 1 saturated carbocycles. The van der Waals surface area contributed by atoms with Gasteiger partial charge in [-0.15, -0.1) is 0 Å². The third kappa shape index (κ3) is 4.32. The van der Waals surface area contributed by atoms with Gasteiger partial charge in [0.15, 0.2) is 0 Å². The van der Waals surface area contributed by atoms with Crippen molar-refractivity contribution in [2.45, 2.75) is 38.2 Å². The lowest BCUT2D eigenvalue weighted by Crippen LogP contribution is -2.19. The molecule has 0 amide bonds. The first-order chi connectivity index (χ1) is 9.69. The van der Waals surface area contributed by atoms with E-state index >= 15 is 0 Å². The Morgan fingerprint density at radius 1 is 1.35 bits per heavy atom. The van der Waals surface area contributed by atoms with Gasteiger partial charge in [0, 0.05) is 12.8 Å². The minimum Gasteiger partial charge on any atom is -0.493 e. The van der Waals surface area contributed by atoms with Gasteiger partial charge in [0.25, 0.3) is 0 Å². The van der Waals surface area contributed by atoms with Crippen LogP contribution >= 0.6 is 0 Å². The fourth-order valence-corrected chi connectivity index (χ4v) is 2.52. The van der Waals surface area contributed by atoms with E-state index in [0.717, 1.165) is 24.2 Å². The molecule has 1 atom stereocenters. The fourth-order valence-electron chi connectivity index (χ4n) is 2.52. The number of hydrogen-bond donors (Lipinski definition) is 2. The Labute approximate surface area is 119 Å². The molecule has 2 rings (SSSR count). The summed E-state index contributed by atoms with van der Waals surface area (Å²) in [5.74, 6) is 1.61. The lowest BCUT2D eigenvalue weighted by atomic mass is 9.89. The molecule has 1 aliphatic carbocycles. The first-order valence-electron chi connectivity index (χ1n) is 7.31. The van der Waals surface area contributed by atoms with Crippen LogP contribution in [0.25, 0.3) is 0 Å². The van der Waals surface area contributed by atoms with Crippen LogP contribution in [-0.2, 0) is 4.79 Å². The van der Waals surface area contributed by atoms with Gasteiger partial charge in [-0.3, -0.25) is 4.79 Å². The average molecular weight is 277 g/mol. The maximum Gasteiger partial charge on any atom is 0.132 e. The van der Waals surface area contributed by atoms with Crippen LogP contribution in [0.5, 0.6) is 5.75 Å². The van der Waals surface area contributed by atoms with Gasteiger partial charge in [0.1, 0.15) is 11.5 Å². The zero-order valence-electron chi connectivity index (χ0n) is 11.8. The number of nitrogens with two attached hydrogens (primary N) is 1. The van der Waals surface area contributed by atoms with Gasteiger partial charge in [0.05, 0.1) is 12.7 Å². The van der Waals surface area contributed by atoms with Crippen LogP contribution in [0.3, 0.4) is 0 Å². The zero-order chi connectivity index (χ0) is 14.4. The van der Waals surface area contributed by atoms with E-state index in [2.05, 4.69) is 0 Å². The van der Waals surface area contributed by atoms with Crippen molar-refractivity contribution < 1.29 is 14.6 Å². The Hall–Kier alpha value is -1.39. The van der Waals surface area contributed by atoms with Gasteiger partial charge >= 0.3 is 0 Å². The number of aliphatic hydroxyl groups excluding tert-OH is 1. The van der Waals surface area contributed by atoms with Gasteiger partial charge in [0.2, 0.25) is 0 Å². The lowest BCUT2D eigenvalue weighted by Gasteiger charge is -2.21. The number of rotatable bonds is 6. The van der Waals surface area contributed by atoms with Crippen LogP contribution in [0.2, 0.25) is 0 Å². The predicted octanol–water partition coefficient (Wildman–Crippen LogP) is 2.21. The molecule has 0 spiro atoms. The van der Waals surface area contributed by atoms with Gasteiger partial charge < -0.3 is 15.6 Å². The number of ketones is 1. The van der Waals surface area contributed by atoms with Crippen LogP contribution < -0.4 is 10.5 Å². The van der Waals surface area contributed by atoms with Crippen molar-refractivity contribution in [3.63, 3.8) is 0 Å². The van der Waals surface area contributed by atoms with Crippen molar-refractivity contribution in [2.24, 2.45) is 11.7 Å². The molecule has 0 aromatic heterocycles. The van der Waals surface area contributed by atoms with Crippen molar-refractivity contribution in [3.8, 4) is 5.75 Å². The Kier molecular flexibility index (Phi) is 5.56. The molecule has 1 aromatic rings. The molecule has 1 fully saturated rings. The highest BCUT2D eigenvalue weighted by molar-refractivity contribution is 5.79. The predicted molar refractivity (Wildman–Crippen MR) is 77.5 cm³/mol. The summed E-state index contributed by atoms with van der Waals surface area (Å²) in [5, 5.41) is 9.92. The molecule has 0 radical (unpaired) electrons. The Morgan fingerprint density at radius 2 is 2.10 bits per heavy atom. The molecule has 1 unspecified atom stereocenters. The largest absolute Gasteiger partial charge is 0.493 e.